The number of para-hydroxylation sites is 1. The minimum Gasteiger partial charge on any atom is -0.475 e. The normalized spacial score (nSPS) is 13.1. The summed E-state index contributed by atoms with van der Waals surface area (Å²) in [5.41, 5.74) is 1.56. The molecule has 206 valence electrons. The standard InChI is InChI=1S/C29H26N2O8S/c1-3-6-19-15-21(29(33)36-2)11-12-22(19)39-27(20-10-13-23-24(16-20)38-17-37-23)28(32)31-40(34,35)25-9-4-7-18-8-5-14-30-26(18)25/h4-5,7-16,27H,3,6,17H2,1-2H3,(H,31,32). The molecule has 4 aromatic rings. The number of carbonyl (C=O) groups is 2. The van der Waals surface area contributed by atoms with Crippen molar-refractivity contribution in [2.45, 2.75) is 30.8 Å². The number of esters is 1. The molecular weight excluding hydrogens is 536 g/mol. The predicted molar refractivity (Wildman–Crippen MR) is 145 cm³/mol. The molecule has 0 fully saturated rings. The van der Waals surface area contributed by atoms with Crippen molar-refractivity contribution in [1.82, 2.24) is 9.71 Å². The van der Waals surface area contributed by atoms with Gasteiger partial charge in [-0.2, -0.15) is 0 Å². The Morgan fingerprint density at radius 2 is 1.82 bits per heavy atom. The van der Waals surface area contributed by atoms with Crippen LogP contribution in [-0.2, 0) is 26.0 Å². The Hall–Kier alpha value is -4.64. The zero-order valence-electron chi connectivity index (χ0n) is 21.7. The molecule has 1 aliphatic heterocycles. The van der Waals surface area contributed by atoms with Gasteiger partial charge in [0.05, 0.1) is 18.2 Å². The van der Waals surface area contributed by atoms with Crippen LogP contribution in [0.25, 0.3) is 10.9 Å². The summed E-state index contributed by atoms with van der Waals surface area (Å²) < 4.78 is 50.9. The van der Waals surface area contributed by atoms with Crippen LogP contribution in [0.2, 0.25) is 0 Å². The minimum absolute atomic E-state index is 0.0224. The quantitative estimate of drug-likeness (QED) is 0.296. The number of nitrogens with one attached hydrogen (secondary N) is 1. The molecule has 1 unspecified atom stereocenters. The van der Waals surface area contributed by atoms with Gasteiger partial charge in [-0.25, -0.2) is 17.9 Å². The van der Waals surface area contributed by atoms with Gasteiger partial charge in [0.25, 0.3) is 15.9 Å². The fourth-order valence-corrected chi connectivity index (χ4v) is 5.58. The SMILES string of the molecule is CCCc1cc(C(=O)OC)ccc1OC(C(=O)NS(=O)(=O)c1cccc2cccnc12)c1ccc2c(c1)OCO2. The summed E-state index contributed by atoms with van der Waals surface area (Å²) in [5.74, 6) is -0.229. The topological polar surface area (TPSA) is 130 Å². The van der Waals surface area contributed by atoms with E-state index < -0.39 is 28.0 Å². The first kappa shape index (κ1) is 26.9. The Kier molecular flexibility index (Phi) is 7.56. The summed E-state index contributed by atoms with van der Waals surface area (Å²) in [6.07, 6.45) is 1.35. The van der Waals surface area contributed by atoms with Gasteiger partial charge in [-0.1, -0.05) is 37.6 Å². The lowest BCUT2D eigenvalue weighted by atomic mass is 10.0. The number of amides is 1. The predicted octanol–water partition coefficient (Wildman–Crippen LogP) is 4.33. The molecule has 0 aliphatic carbocycles. The zero-order chi connectivity index (χ0) is 28.3. The fourth-order valence-electron chi connectivity index (χ4n) is 4.41. The maximum absolute atomic E-state index is 13.7. The van der Waals surface area contributed by atoms with Gasteiger partial charge in [0, 0.05) is 17.1 Å². The molecule has 1 N–H and O–H groups in total. The second-order valence-electron chi connectivity index (χ2n) is 8.98. The number of methoxy groups -OCH3 is 1. The Morgan fingerprint density at radius 1 is 1.02 bits per heavy atom. The summed E-state index contributed by atoms with van der Waals surface area (Å²) in [6.45, 7) is 1.98. The van der Waals surface area contributed by atoms with Gasteiger partial charge < -0.3 is 18.9 Å². The fraction of sp³-hybridized carbons (Fsp3) is 0.207. The monoisotopic (exact) mass is 562 g/mol. The number of carbonyl (C=O) groups excluding carboxylic acids is 2. The van der Waals surface area contributed by atoms with Crippen molar-refractivity contribution < 1.29 is 37.0 Å². The molecular formula is C29H26N2O8S. The van der Waals surface area contributed by atoms with Gasteiger partial charge in [-0.3, -0.25) is 9.78 Å². The van der Waals surface area contributed by atoms with Crippen molar-refractivity contribution in [2.75, 3.05) is 13.9 Å². The molecule has 0 spiro atoms. The maximum Gasteiger partial charge on any atom is 0.337 e. The van der Waals surface area contributed by atoms with Gasteiger partial charge in [0.1, 0.15) is 10.6 Å². The van der Waals surface area contributed by atoms with E-state index >= 15 is 0 Å². The number of hydrogen-bond donors (Lipinski definition) is 1. The van der Waals surface area contributed by atoms with Crippen LogP contribution in [0.15, 0.2) is 77.8 Å². The van der Waals surface area contributed by atoms with Gasteiger partial charge >= 0.3 is 5.97 Å². The van der Waals surface area contributed by atoms with Crippen molar-refractivity contribution in [3.05, 3.63) is 89.6 Å². The van der Waals surface area contributed by atoms with E-state index in [9.17, 15) is 18.0 Å². The highest BCUT2D eigenvalue weighted by Crippen LogP contribution is 2.36. The number of aromatic nitrogens is 1. The lowest BCUT2D eigenvalue weighted by Crippen LogP contribution is -2.37. The molecule has 5 rings (SSSR count). The zero-order valence-corrected chi connectivity index (χ0v) is 22.6. The van der Waals surface area contributed by atoms with E-state index in [1.807, 2.05) is 6.92 Å². The van der Waals surface area contributed by atoms with Gasteiger partial charge in [0.2, 0.25) is 12.9 Å². The molecule has 11 heteroatoms. The van der Waals surface area contributed by atoms with Gasteiger partial charge in [0.15, 0.2) is 11.5 Å². The highest BCUT2D eigenvalue weighted by Gasteiger charge is 2.31. The Labute approximate surface area is 230 Å². The number of rotatable bonds is 9. The second-order valence-corrected chi connectivity index (χ2v) is 10.6. The van der Waals surface area contributed by atoms with Crippen LogP contribution in [0.5, 0.6) is 17.2 Å². The van der Waals surface area contributed by atoms with Crippen LogP contribution in [0.4, 0.5) is 0 Å². The van der Waals surface area contributed by atoms with Crippen molar-refractivity contribution in [3.63, 3.8) is 0 Å². The van der Waals surface area contributed by atoms with Crippen LogP contribution in [0, 0.1) is 0 Å². The summed E-state index contributed by atoms with van der Waals surface area (Å²) in [7, 11) is -3.05. The summed E-state index contributed by atoms with van der Waals surface area (Å²) in [4.78, 5) is 29.8. The Bertz CT molecular complexity index is 1700. The van der Waals surface area contributed by atoms with Crippen LogP contribution >= 0.6 is 0 Å². The number of sulfonamides is 1. The highest BCUT2D eigenvalue weighted by molar-refractivity contribution is 7.90. The summed E-state index contributed by atoms with van der Waals surface area (Å²) in [6, 6.07) is 17.6. The number of aryl methyl sites for hydroxylation is 1. The molecule has 0 saturated carbocycles. The minimum atomic E-state index is -4.34. The molecule has 1 aromatic heterocycles. The summed E-state index contributed by atoms with van der Waals surface area (Å²) in [5, 5.41) is 0.608. The van der Waals surface area contributed by atoms with E-state index in [0.717, 1.165) is 6.42 Å². The molecule has 1 amide bonds. The number of ether oxygens (including phenoxy) is 4. The highest BCUT2D eigenvalue weighted by atomic mass is 32.2. The third kappa shape index (κ3) is 5.41. The average Bonchev–Trinajstić information content (AvgIpc) is 3.43. The third-order valence-electron chi connectivity index (χ3n) is 6.30. The number of hydrogen-bond acceptors (Lipinski definition) is 9. The van der Waals surface area contributed by atoms with Gasteiger partial charge in [-0.15, -0.1) is 0 Å². The van der Waals surface area contributed by atoms with Gasteiger partial charge in [-0.05, 0) is 54.4 Å². The van der Waals surface area contributed by atoms with E-state index in [1.54, 1.807) is 54.6 Å². The lowest BCUT2D eigenvalue weighted by molar-refractivity contribution is -0.126. The Balaban J connectivity index is 1.53. The molecule has 2 heterocycles. The molecule has 40 heavy (non-hydrogen) atoms. The lowest BCUT2D eigenvalue weighted by Gasteiger charge is -2.22. The number of pyridine rings is 1. The van der Waals surface area contributed by atoms with Crippen LogP contribution < -0.4 is 18.9 Å². The first-order valence-electron chi connectivity index (χ1n) is 12.5. The summed E-state index contributed by atoms with van der Waals surface area (Å²) >= 11 is 0. The van der Waals surface area contributed by atoms with Crippen molar-refractivity contribution >= 4 is 32.8 Å². The second kappa shape index (κ2) is 11.2. The molecule has 0 bridgehead atoms. The first-order chi connectivity index (χ1) is 19.3. The molecule has 0 saturated heterocycles. The molecule has 1 aliphatic rings. The average molecular weight is 563 g/mol. The van der Waals surface area contributed by atoms with Crippen molar-refractivity contribution in [2.24, 2.45) is 0 Å². The number of benzene rings is 3. The van der Waals surface area contributed by atoms with E-state index in [1.165, 1.54) is 25.4 Å². The molecule has 0 radical (unpaired) electrons. The van der Waals surface area contributed by atoms with E-state index in [0.29, 0.717) is 45.7 Å². The number of fused-ring (bicyclic) bond motifs is 2. The van der Waals surface area contributed by atoms with Crippen molar-refractivity contribution in [1.29, 1.82) is 0 Å². The van der Waals surface area contributed by atoms with E-state index in [-0.39, 0.29) is 17.2 Å². The molecule has 3 aromatic carbocycles. The Morgan fingerprint density at radius 3 is 2.62 bits per heavy atom. The smallest absolute Gasteiger partial charge is 0.337 e. The molecule has 1 atom stereocenters. The van der Waals surface area contributed by atoms with Crippen LogP contribution in [0.3, 0.4) is 0 Å². The first-order valence-corrected chi connectivity index (χ1v) is 14.0. The number of nitrogens with zero attached hydrogens (tertiary/aromatic N) is 1. The maximum atomic E-state index is 13.7. The van der Waals surface area contributed by atoms with E-state index in [4.69, 9.17) is 18.9 Å². The third-order valence-corrected chi connectivity index (χ3v) is 7.68. The largest absolute Gasteiger partial charge is 0.475 e. The van der Waals surface area contributed by atoms with Crippen LogP contribution in [-0.4, -0.2) is 39.2 Å². The molecule has 10 nitrogen and oxygen atoms in total. The van der Waals surface area contributed by atoms with E-state index in [2.05, 4.69) is 9.71 Å². The van der Waals surface area contributed by atoms with Crippen LogP contribution in [0.1, 0.15) is 40.9 Å². The van der Waals surface area contributed by atoms with Crippen molar-refractivity contribution in [3.8, 4) is 17.2 Å².